The number of aliphatic hydroxyl groups excluding tert-OH is 1. The first-order valence-electron chi connectivity index (χ1n) is 4.59. The molecule has 15 heavy (non-hydrogen) atoms. The maximum atomic E-state index is 12.6. The zero-order valence-electron chi connectivity index (χ0n) is 7.80. The smallest absolute Gasteiger partial charge is 0.391 e. The predicted octanol–water partition coefficient (Wildman–Crippen LogP) is 2.03. The highest BCUT2D eigenvalue weighted by atomic mass is 19.4. The number of rotatable bonds is 0. The molecule has 0 saturated carbocycles. The summed E-state index contributed by atoms with van der Waals surface area (Å²) in [6.45, 7) is 0.167. The molecule has 1 aromatic carbocycles. The Labute approximate surface area is 84.7 Å². The van der Waals surface area contributed by atoms with E-state index in [0.717, 1.165) is 6.07 Å². The molecule has 0 bridgehead atoms. The third-order valence-corrected chi connectivity index (χ3v) is 2.43. The maximum absolute atomic E-state index is 12.6. The molecule has 5 heteroatoms. The number of fused-ring (bicyclic) bond motifs is 1. The molecular weight excluding hydrogens is 207 g/mol. The highest BCUT2D eigenvalue weighted by Gasteiger charge is 2.35. The second-order valence-corrected chi connectivity index (χ2v) is 3.58. The number of hydrogen-bond acceptors (Lipinski definition) is 2. The molecule has 0 amide bonds. The van der Waals surface area contributed by atoms with E-state index in [-0.39, 0.29) is 18.7 Å². The highest BCUT2D eigenvalue weighted by Crippen LogP contribution is 2.38. The van der Waals surface area contributed by atoms with Gasteiger partial charge in [-0.15, -0.1) is 0 Å². The molecule has 82 valence electrons. The van der Waals surface area contributed by atoms with Gasteiger partial charge in [0.1, 0.15) is 0 Å². The quantitative estimate of drug-likeness (QED) is 0.697. The van der Waals surface area contributed by atoms with Gasteiger partial charge in [0.05, 0.1) is 11.7 Å². The average Bonchev–Trinajstić information content (AvgIpc) is 2.15. The fourth-order valence-corrected chi connectivity index (χ4v) is 1.76. The second-order valence-electron chi connectivity index (χ2n) is 3.58. The van der Waals surface area contributed by atoms with Crippen molar-refractivity contribution >= 4 is 5.69 Å². The van der Waals surface area contributed by atoms with Gasteiger partial charge in [0.25, 0.3) is 0 Å². The first kappa shape index (κ1) is 10.3. The van der Waals surface area contributed by atoms with Gasteiger partial charge < -0.3 is 10.4 Å². The van der Waals surface area contributed by atoms with Crippen LogP contribution in [-0.2, 0) is 12.6 Å². The van der Waals surface area contributed by atoms with Crippen LogP contribution in [0.4, 0.5) is 18.9 Å². The molecule has 2 N–H and O–H groups in total. The van der Waals surface area contributed by atoms with Crippen molar-refractivity contribution in [3.8, 4) is 0 Å². The molecule has 0 spiro atoms. The Morgan fingerprint density at radius 2 is 2.07 bits per heavy atom. The van der Waals surface area contributed by atoms with Crippen molar-refractivity contribution in [1.29, 1.82) is 0 Å². The molecule has 0 fully saturated rings. The lowest BCUT2D eigenvalue weighted by Gasteiger charge is -2.25. The van der Waals surface area contributed by atoms with Gasteiger partial charge in [-0.05, 0) is 11.6 Å². The van der Waals surface area contributed by atoms with E-state index in [4.69, 9.17) is 0 Å². The van der Waals surface area contributed by atoms with Gasteiger partial charge in [-0.1, -0.05) is 12.1 Å². The fourth-order valence-electron chi connectivity index (χ4n) is 1.76. The Kier molecular flexibility index (Phi) is 2.34. The van der Waals surface area contributed by atoms with E-state index in [9.17, 15) is 18.3 Å². The predicted molar refractivity (Wildman–Crippen MR) is 49.6 cm³/mol. The van der Waals surface area contributed by atoms with Crippen LogP contribution in [0.3, 0.4) is 0 Å². The van der Waals surface area contributed by atoms with E-state index >= 15 is 0 Å². The van der Waals surface area contributed by atoms with Crippen LogP contribution in [0, 0.1) is 0 Å². The zero-order chi connectivity index (χ0) is 11.1. The maximum Gasteiger partial charge on any atom is 0.418 e. The van der Waals surface area contributed by atoms with Crippen LogP contribution in [0.25, 0.3) is 0 Å². The van der Waals surface area contributed by atoms with E-state index in [1.54, 1.807) is 6.07 Å². The van der Waals surface area contributed by atoms with Gasteiger partial charge in [-0.25, -0.2) is 0 Å². The van der Waals surface area contributed by atoms with Crippen molar-refractivity contribution < 1.29 is 18.3 Å². The molecule has 0 aromatic heterocycles. The van der Waals surface area contributed by atoms with Gasteiger partial charge in [0.15, 0.2) is 0 Å². The van der Waals surface area contributed by atoms with E-state index < -0.39 is 17.8 Å². The van der Waals surface area contributed by atoms with Crippen molar-refractivity contribution in [3.05, 3.63) is 29.3 Å². The Morgan fingerprint density at radius 3 is 2.73 bits per heavy atom. The minimum atomic E-state index is -4.35. The summed E-state index contributed by atoms with van der Waals surface area (Å²) in [4.78, 5) is 0. The van der Waals surface area contributed by atoms with Gasteiger partial charge in [0, 0.05) is 18.7 Å². The average molecular weight is 217 g/mol. The number of hydrogen-bond donors (Lipinski definition) is 2. The fraction of sp³-hybridized carbons (Fsp3) is 0.400. The summed E-state index contributed by atoms with van der Waals surface area (Å²) in [5, 5.41) is 11.9. The normalized spacial score (nSPS) is 20.7. The minimum Gasteiger partial charge on any atom is -0.391 e. The van der Waals surface area contributed by atoms with Gasteiger partial charge >= 0.3 is 6.18 Å². The van der Waals surface area contributed by atoms with Crippen molar-refractivity contribution in [3.63, 3.8) is 0 Å². The van der Waals surface area contributed by atoms with Gasteiger partial charge in [-0.3, -0.25) is 0 Å². The number of aliphatic hydroxyl groups is 1. The zero-order valence-corrected chi connectivity index (χ0v) is 7.80. The Bertz CT molecular complexity index is 375. The second kappa shape index (κ2) is 3.41. The summed E-state index contributed by atoms with van der Waals surface area (Å²) in [5.41, 5.74) is -0.0363. The molecular formula is C10H10F3NO. The third kappa shape index (κ3) is 1.92. The first-order valence-corrected chi connectivity index (χ1v) is 4.59. The van der Waals surface area contributed by atoms with Crippen LogP contribution in [0.5, 0.6) is 0 Å². The number of anilines is 1. The number of nitrogens with one attached hydrogen (secondary N) is 1. The number of benzene rings is 1. The Hall–Kier alpha value is -1.23. The molecule has 2 nitrogen and oxygen atoms in total. The molecule has 1 aromatic rings. The third-order valence-electron chi connectivity index (χ3n) is 2.43. The summed E-state index contributed by atoms with van der Waals surface area (Å²) < 4.78 is 37.7. The van der Waals surface area contributed by atoms with Crippen molar-refractivity contribution in [2.75, 3.05) is 11.9 Å². The molecule has 0 radical (unpaired) electrons. The molecule has 2 rings (SSSR count). The highest BCUT2D eigenvalue weighted by molar-refractivity contribution is 5.60. The van der Waals surface area contributed by atoms with E-state index in [2.05, 4.69) is 5.32 Å². The standard InChI is InChI=1S/C10H10F3NO/c11-10(12,13)8-3-1-2-6-4-7(15)5-14-9(6)8/h1-3,7,14-15H,4-5H2. The lowest BCUT2D eigenvalue weighted by Crippen LogP contribution is -2.29. The van der Waals surface area contributed by atoms with Gasteiger partial charge in [0.2, 0.25) is 0 Å². The Morgan fingerprint density at radius 1 is 1.33 bits per heavy atom. The molecule has 0 aliphatic carbocycles. The number of halogens is 3. The lowest BCUT2D eigenvalue weighted by atomic mass is 9.98. The topological polar surface area (TPSA) is 32.3 Å². The van der Waals surface area contributed by atoms with Crippen LogP contribution in [0.1, 0.15) is 11.1 Å². The largest absolute Gasteiger partial charge is 0.418 e. The monoisotopic (exact) mass is 217 g/mol. The van der Waals surface area contributed by atoms with Crippen molar-refractivity contribution in [2.45, 2.75) is 18.7 Å². The van der Waals surface area contributed by atoms with Gasteiger partial charge in [-0.2, -0.15) is 13.2 Å². The first-order chi connectivity index (χ1) is 6.98. The number of β-amino-alcohol motifs (C(OH)–C–C–N with tert-alkyl or cyclic N) is 1. The van der Waals surface area contributed by atoms with Crippen LogP contribution in [-0.4, -0.2) is 17.8 Å². The Balaban J connectivity index is 2.47. The molecule has 1 aliphatic rings. The molecule has 1 atom stereocenters. The van der Waals surface area contributed by atoms with E-state index in [0.29, 0.717) is 5.56 Å². The minimum absolute atomic E-state index is 0.107. The summed E-state index contributed by atoms with van der Waals surface area (Å²) >= 11 is 0. The number of para-hydroxylation sites is 1. The SMILES string of the molecule is OC1CNc2c(cccc2C(F)(F)F)C1. The molecule has 0 saturated heterocycles. The number of alkyl halides is 3. The lowest BCUT2D eigenvalue weighted by molar-refractivity contribution is -0.137. The van der Waals surface area contributed by atoms with E-state index in [1.807, 2.05) is 0 Å². The molecule has 1 unspecified atom stereocenters. The van der Waals surface area contributed by atoms with Crippen molar-refractivity contribution in [1.82, 2.24) is 0 Å². The van der Waals surface area contributed by atoms with Crippen LogP contribution in [0.15, 0.2) is 18.2 Å². The van der Waals surface area contributed by atoms with Crippen LogP contribution >= 0.6 is 0 Å². The summed E-state index contributed by atoms with van der Waals surface area (Å²) in [7, 11) is 0. The van der Waals surface area contributed by atoms with Crippen LogP contribution in [0.2, 0.25) is 0 Å². The summed E-state index contributed by atoms with van der Waals surface area (Å²) in [5.74, 6) is 0. The van der Waals surface area contributed by atoms with E-state index in [1.165, 1.54) is 6.07 Å². The molecule has 1 aliphatic heterocycles. The molecule has 1 heterocycles. The van der Waals surface area contributed by atoms with Crippen molar-refractivity contribution in [2.24, 2.45) is 0 Å². The van der Waals surface area contributed by atoms with Crippen LogP contribution < -0.4 is 5.32 Å². The summed E-state index contributed by atoms with van der Waals surface area (Å²) in [6, 6.07) is 4.00. The summed E-state index contributed by atoms with van der Waals surface area (Å²) in [6.07, 6.45) is -4.69.